The molecule has 2 nitrogen and oxygen atoms in total. The van der Waals surface area contributed by atoms with Crippen LogP contribution in [0.25, 0.3) is 0 Å². The fraction of sp³-hybridized carbons (Fsp3) is 0.667. The van der Waals surface area contributed by atoms with E-state index in [0.29, 0.717) is 11.8 Å². The van der Waals surface area contributed by atoms with E-state index < -0.39 is 0 Å². The highest BCUT2D eigenvalue weighted by Crippen LogP contribution is 2.14. The average Bonchev–Trinajstić information content (AvgIpc) is 2.01. The number of hydrogen-bond acceptors (Lipinski definition) is 2. The van der Waals surface area contributed by atoms with Gasteiger partial charge in [-0.25, -0.2) is 9.97 Å². The van der Waals surface area contributed by atoms with Gasteiger partial charge in [0.25, 0.3) is 0 Å². The molecule has 0 N–H and O–H groups in total. The summed E-state index contributed by atoms with van der Waals surface area (Å²) in [5, 5.41) is 0. The van der Waals surface area contributed by atoms with Gasteiger partial charge < -0.3 is 0 Å². The molecule has 0 amide bonds. The summed E-state index contributed by atoms with van der Waals surface area (Å²) < 4.78 is 0. The molecule has 78 valence electrons. The molecule has 1 aromatic heterocycles. The standard InChI is InChI=1S/C12H20N2/c1-8(2)6-11-7-12(9(3)4)14-10(5)13-11/h7-9H,6H2,1-5H3. The Hall–Kier alpha value is -0.920. The van der Waals surface area contributed by atoms with E-state index >= 15 is 0 Å². The largest absolute Gasteiger partial charge is 0.238 e. The van der Waals surface area contributed by atoms with Crippen molar-refractivity contribution in [3.05, 3.63) is 23.3 Å². The fourth-order valence-corrected chi connectivity index (χ4v) is 1.47. The third kappa shape index (κ3) is 3.09. The van der Waals surface area contributed by atoms with Gasteiger partial charge in [0.15, 0.2) is 0 Å². The molecule has 0 aliphatic rings. The quantitative estimate of drug-likeness (QED) is 0.735. The van der Waals surface area contributed by atoms with Crippen LogP contribution in [-0.4, -0.2) is 9.97 Å². The van der Waals surface area contributed by atoms with Gasteiger partial charge in [-0.1, -0.05) is 27.7 Å². The van der Waals surface area contributed by atoms with Crippen molar-refractivity contribution in [2.45, 2.75) is 47.0 Å². The topological polar surface area (TPSA) is 25.8 Å². The van der Waals surface area contributed by atoms with Crippen LogP contribution in [0.15, 0.2) is 6.07 Å². The van der Waals surface area contributed by atoms with Crippen molar-refractivity contribution >= 4 is 0 Å². The molecule has 0 bridgehead atoms. The van der Waals surface area contributed by atoms with Crippen molar-refractivity contribution in [3.8, 4) is 0 Å². The molecule has 0 unspecified atom stereocenters. The van der Waals surface area contributed by atoms with Gasteiger partial charge in [-0.05, 0) is 31.2 Å². The second kappa shape index (κ2) is 4.54. The van der Waals surface area contributed by atoms with Crippen LogP contribution in [0.5, 0.6) is 0 Å². The normalized spacial score (nSPS) is 11.4. The Kier molecular flexibility index (Phi) is 3.62. The molecular formula is C12H20N2. The molecule has 0 aliphatic heterocycles. The Balaban J connectivity index is 2.95. The Bertz CT molecular complexity index is 303. The summed E-state index contributed by atoms with van der Waals surface area (Å²) in [5.74, 6) is 2.04. The van der Waals surface area contributed by atoms with Crippen molar-refractivity contribution in [3.63, 3.8) is 0 Å². The van der Waals surface area contributed by atoms with Crippen LogP contribution in [0, 0.1) is 12.8 Å². The lowest BCUT2D eigenvalue weighted by Crippen LogP contribution is -2.04. The zero-order valence-electron chi connectivity index (χ0n) is 9.83. The molecule has 2 heteroatoms. The number of aryl methyl sites for hydroxylation is 1. The van der Waals surface area contributed by atoms with Crippen LogP contribution in [-0.2, 0) is 6.42 Å². The van der Waals surface area contributed by atoms with Crippen molar-refractivity contribution in [1.82, 2.24) is 9.97 Å². The monoisotopic (exact) mass is 192 g/mol. The molecule has 1 rings (SSSR count). The van der Waals surface area contributed by atoms with E-state index in [9.17, 15) is 0 Å². The van der Waals surface area contributed by atoms with E-state index in [1.165, 1.54) is 5.69 Å². The molecule has 0 radical (unpaired) electrons. The minimum atomic E-state index is 0.489. The van der Waals surface area contributed by atoms with Crippen molar-refractivity contribution in [2.75, 3.05) is 0 Å². The van der Waals surface area contributed by atoms with Crippen LogP contribution < -0.4 is 0 Å². The third-order valence-corrected chi connectivity index (χ3v) is 2.12. The van der Waals surface area contributed by atoms with Gasteiger partial charge in [-0.15, -0.1) is 0 Å². The average molecular weight is 192 g/mol. The second-order valence-corrected chi connectivity index (χ2v) is 4.58. The lowest BCUT2D eigenvalue weighted by atomic mass is 10.0. The first-order chi connectivity index (χ1) is 6.49. The van der Waals surface area contributed by atoms with Crippen molar-refractivity contribution in [2.24, 2.45) is 5.92 Å². The maximum Gasteiger partial charge on any atom is 0.125 e. The molecule has 1 heterocycles. The number of hydrogen-bond donors (Lipinski definition) is 0. The van der Waals surface area contributed by atoms with E-state index in [1.807, 2.05) is 6.92 Å². The Labute approximate surface area is 86.8 Å². The summed E-state index contributed by atoms with van der Waals surface area (Å²) >= 11 is 0. The minimum absolute atomic E-state index is 0.489. The predicted molar refractivity (Wildman–Crippen MR) is 59.4 cm³/mol. The smallest absolute Gasteiger partial charge is 0.125 e. The zero-order chi connectivity index (χ0) is 10.7. The molecule has 0 aliphatic carbocycles. The van der Waals surface area contributed by atoms with Crippen molar-refractivity contribution in [1.29, 1.82) is 0 Å². The molecule has 0 aromatic carbocycles. The van der Waals surface area contributed by atoms with Crippen LogP contribution in [0.3, 0.4) is 0 Å². The van der Waals surface area contributed by atoms with Gasteiger partial charge in [0.05, 0.1) is 0 Å². The minimum Gasteiger partial charge on any atom is -0.238 e. The lowest BCUT2D eigenvalue weighted by molar-refractivity contribution is 0.628. The van der Waals surface area contributed by atoms with Gasteiger partial charge in [0.2, 0.25) is 0 Å². The summed E-state index contributed by atoms with van der Waals surface area (Å²) in [4.78, 5) is 8.87. The summed E-state index contributed by atoms with van der Waals surface area (Å²) in [6.45, 7) is 10.7. The van der Waals surface area contributed by atoms with E-state index in [-0.39, 0.29) is 0 Å². The summed E-state index contributed by atoms with van der Waals surface area (Å²) in [7, 11) is 0. The number of aromatic nitrogens is 2. The van der Waals surface area contributed by atoms with E-state index in [4.69, 9.17) is 0 Å². The first-order valence-corrected chi connectivity index (χ1v) is 5.33. The molecule has 0 saturated heterocycles. The fourth-order valence-electron chi connectivity index (χ4n) is 1.47. The predicted octanol–water partition coefficient (Wildman–Crippen LogP) is 3.11. The SMILES string of the molecule is Cc1nc(CC(C)C)cc(C(C)C)n1. The first kappa shape index (κ1) is 11.2. The molecule has 0 saturated carbocycles. The van der Waals surface area contributed by atoms with Crippen LogP contribution >= 0.6 is 0 Å². The van der Waals surface area contributed by atoms with Gasteiger partial charge in [0, 0.05) is 11.4 Å². The third-order valence-electron chi connectivity index (χ3n) is 2.12. The number of rotatable bonds is 3. The van der Waals surface area contributed by atoms with Gasteiger partial charge in [-0.2, -0.15) is 0 Å². The molecule has 0 spiro atoms. The molecule has 1 aromatic rings. The summed E-state index contributed by atoms with van der Waals surface area (Å²) in [6.07, 6.45) is 1.04. The van der Waals surface area contributed by atoms with E-state index in [0.717, 1.165) is 17.9 Å². The highest BCUT2D eigenvalue weighted by Gasteiger charge is 2.06. The molecule has 0 fully saturated rings. The van der Waals surface area contributed by atoms with Gasteiger partial charge >= 0.3 is 0 Å². The Morgan fingerprint density at radius 1 is 1.14 bits per heavy atom. The van der Waals surface area contributed by atoms with Crippen molar-refractivity contribution < 1.29 is 0 Å². The van der Waals surface area contributed by atoms with Crippen LogP contribution in [0.4, 0.5) is 0 Å². The van der Waals surface area contributed by atoms with E-state index in [1.54, 1.807) is 0 Å². The Morgan fingerprint density at radius 3 is 2.29 bits per heavy atom. The first-order valence-electron chi connectivity index (χ1n) is 5.33. The van der Waals surface area contributed by atoms with Crippen LogP contribution in [0.1, 0.15) is 50.8 Å². The van der Waals surface area contributed by atoms with Crippen LogP contribution in [0.2, 0.25) is 0 Å². The molecule has 0 atom stereocenters. The lowest BCUT2D eigenvalue weighted by Gasteiger charge is -2.09. The highest BCUT2D eigenvalue weighted by molar-refractivity contribution is 5.14. The number of nitrogens with zero attached hydrogens (tertiary/aromatic N) is 2. The molecular weight excluding hydrogens is 172 g/mol. The van der Waals surface area contributed by atoms with Gasteiger partial charge in [0.1, 0.15) is 5.82 Å². The van der Waals surface area contributed by atoms with E-state index in [2.05, 4.69) is 43.7 Å². The molecule has 14 heavy (non-hydrogen) atoms. The zero-order valence-corrected chi connectivity index (χ0v) is 9.83. The van der Waals surface area contributed by atoms with Gasteiger partial charge in [-0.3, -0.25) is 0 Å². The summed E-state index contributed by atoms with van der Waals surface area (Å²) in [5.41, 5.74) is 2.34. The maximum absolute atomic E-state index is 4.45. The Morgan fingerprint density at radius 2 is 1.79 bits per heavy atom. The highest BCUT2D eigenvalue weighted by atomic mass is 14.9. The summed E-state index contributed by atoms with van der Waals surface area (Å²) in [6, 6.07) is 2.14. The maximum atomic E-state index is 4.45. The second-order valence-electron chi connectivity index (χ2n) is 4.58.